The van der Waals surface area contributed by atoms with E-state index in [2.05, 4.69) is 0 Å². The van der Waals surface area contributed by atoms with E-state index in [9.17, 15) is 19.7 Å². The predicted octanol–water partition coefficient (Wildman–Crippen LogP) is 4.47. The molecule has 0 unspecified atom stereocenters. The molecule has 2 atom stereocenters. The van der Waals surface area contributed by atoms with Crippen LogP contribution in [0.1, 0.15) is 40.7 Å². The third-order valence-corrected chi connectivity index (χ3v) is 7.61. The van der Waals surface area contributed by atoms with Gasteiger partial charge in [0.1, 0.15) is 5.69 Å². The fourth-order valence-electron chi connectivity index (χ4n) is 6.36. The lowest BCUT2D eigenvalue weighted by molar-refractivity contribution is -0.384. The van der Waals surface area contributed by atoms with Crippen molar-refractivity contribution in [3.05, 3.63) is 105 Å². The van der Waals surface area contributed by atoms with Crippen LogP contribution in [0.25, 0.3) is 0 Å². The molecule has 6 heteroatoms. The van der Waals surface area contributed by atoms with E-state index in [1.54, 1.807) is 13.0 Å². The molecule has 7 rings (SSSR count). The van der Waals surface area contributed by atoms with Crippen molar-refractivity contribution in [3.8, 4) is 0 Å². The number of hydrogen-bond acceptors (Lipinski definition) is 4. The van der Waals surface area contributed by atoms with Crippen LogP contribution < -0.4 is 4.90 Å². The number of amides is 2. The largest absolute Gasteiger partial charge is 0.293 e. The van der Waals surface area contributed by atoms with Crippen molar-refractivity contribution in [1.82, 2.24) is 0 Å². The minimum atomic E-state index is -0.687. The van der Waals surface area contributed by atoms with Gasteiger partial charge in [0, 0.05) is 17.4 Å². The summed E-state index contributed by atoms with van der Waals surface area (Å²) in [4.78, 5) is 40.1. The zero-order chi connectivity index (χ0) is 22.4. The second kappa shape index (κ2) is 6.13. The fourth-order valence-corrected chi connectivity index (χ4v) is 6.36. The summed E-state index contributed by atoms with van der Waals surface area (Å²) in [6.07, 6.45) is 0. The van der Waals surface area contributed by atoms with Crippen LogP contribution in [-0.2, 0) is 15.0 Å². The van der Waals surface area contributed by atoms with Crippen LogP contribution in [0.4, 0.5) is 11.4 Å². The number of benzene rings is 3. The van der Waals surface area contributed by atoms with Crippen LogP contribution in [0.3, 0.4) is 0 Å². The third-order valence-electron chi connectivity index (χ3n) is 7.61. The van der Waals surface area contributed by atoms with Gasteiger partial charge in [-0.15, -0.1) is 0 Å². The van der Waals surface area contributed by atoms with Crippen molar-refractivity contribution in [1.29, 1.82) is 0 Å². The Morgan fingerprint density at radius 2 is 1.50 bits per heavy atom. The van der Waals surface area contributed by atoms with Crippen LogP contribution in [0, 0.1) is 28.9 Å². The molecule has 3 aromatic carbocycles. The highest BCUT2D eigenvalue weighted by Gasteiger charge is 2.66. The van der Waals surface area contributed by atoms with Gasteiger partial charge < -0.3 is 0 Å². The van der Waals surface area contributed by atoms with Crippen LogP contribution in [0.2, 0.25) is 0 Å². The molecule has 158 valence electrons. The Balaban J connectivity index is 1.61. The molecule has 0 aromatic heterocycles. The summed E-state index contributed by atoms with van der Waals surface area (Å²) in [6, 6.07) is 20.7. The average Bonchev–Trinajstić information content (AvgIpc) is 3.06. The maximum atomic E-state index is 13.9. The van der Waals surface area contributed by atoms with E-state index in [4.69, 9.17) is 0 Å². The molecular formula is C26H20N2O4. The summed E-state index contributed by atoms with van der Waals surface area (Å²) in [5, 5.41) is 11.8. The minimum Gasteiger partial charge on any atom is -0.274 e. The predicted molar refractivity (Wildman–Crippen MR) is 118 cm³/mol. The van der Waals surface area contributed by atoms with Crippen molar-refractivity contribution in [3.63, 3.8) is 0 Å². The maximum Gasteiger partial charge on any atom is 0.293 e. The van der Waals surface area contributed by atoms with Gasteiger partial charge in [-0.1, -0.05) is 61.5 Å². The van der Waals surface area contributed by atoms with Gasteiger partial charge in [-0.05, 0) is 40.8 Å². The molecule has 32 heavy (non-hydrogen) atoms. The molecule has 2 bridgehead atoms. The smallest absolute Gasteiger partial charge is 0.274 e. The molecule has 2 amide bonds. The van der Waals surface area contributed by atoms with Gasteiger partial charge in [0.2, 0.25) is 11.8 Å². The highest BCUT2D eigenvalue weighted by molar-refractivity contribution is 6.24. The van der Waals surface area contributed by atoms with Gasteiger partial charge in [-0.25, -0.2) is 4.90 Å². The summed E-state index contributed by atoms with van der Waals surface area (Å²) in [5.74, 6) is -2.15. The Bertz CT molecular complexity index is 1310. The summed E-state index contributed by atoms with van der Waals surface area (Å²) in [6.45, 7) is 3.79. The quantitative estimate of drug-likeness (QED) is 0.345. The van der Waals surface area contributed by atoms with Crippen LogP contribution >= 0.6 is 0 Å². The second-order valence-corrected chi connectivity index (χ2v) is 9.12. The minimum absolute atomic E-state index is 0.0566. The van der Waals surface area contributed by atoms with E-state index >= 15 is 0 Å². The Morgan fingerprint density at radius 1 is 0.906 bits per heavy atom. The molecule has 1 saturated heterocycles. The number of nitrogens with zero attached hydrogens (tertiary/aromatic N) is 2. The molecule has 0 saturated carbocycles. The normalized spacial score (nSPS) is 27.2. The van der Waals surface area contributed by atoms with E-state index in [1.165, 1.54) is 12.1 Å². The molecule has 3 aliphatic carbocycles. The van der Waals surface area contributed by atoms with Gasteiger partial charge in [0.05, 0.1) is 16.8 Å². The number of anilines is 1. The number of nitro groups is 1. The van der Waals surface area contributed by atoms with E-state index in [0.29, 0.717) is 5.56 Å². The Morgan fingerprint density at radius 3 is 2.09 bits per heavy atom. The fraction of sp³-hybridized carbons (Fsp3) is 0.231. The highest BCUT2D eigenvalue weighted by atomic mass is 16.6. The van der Waals surface area contributed by atoms with Gasteiger partial charge in [0.25, 0.3) is 5.69 Å². The van der Waals surface area contributed by atoms with Crippen molar-refractivity contribution in [2.45, 2.75) is 25.2 Å². The summed E-state index contributed by atoms with van der Waals surface area (Å²) in [5.41, 5.74) is 4.10. The lowest BCUT2D eigenvalue weighted by Crippen LogP contribution is -2.51. The van der Waals surface area contributed by atoms with Crippen LogP contribution in [0.5, 0.6) is 0 Å². The Hall–Kier alpha value is -3.80. The standard InChI is InChI=1S/C26H20N2O4/c1-14-11-12-19(20(13-14)28(31)32)27-24(29)22-21-15-7-3-5-9-17(15)26(2,23(22)25(27)30)18-10-6-4-8-16(18)21/h3-13,21-23H,1-2H3/t21?,22-,23-,26?/m0/s1. The molecule has 1 fully saturated rings. The van der Waals surface area contributed by atoms with E-state index in [-0.39, 0.29) is 29.1 Å². The number of hydrogen-bond donors (Lipinski definition) is 0. The van der Waals surface area contributed by atoms with E-state index in [1.807, 2.05) is 55.5 Å². The molecule has 4 aliphatic rings. The van der Waals surface area contributed by atoms with Crippen LogP contribution in [0.15, 0.2) is 66.7 Å². The lowest BCUT2D eigenvalue weighted by atomic mass is 9.48. The number of carbonyl (C=O) groups is 2. The number of carbonyl (C=O) groups excluding carboxylic acids is 2. The number of imide groups is 1. The van der Waals surface area contributed by atoms with Gasteiger partial charge in [0.15, 0.2) is 0 Å². The van der Waals surface area contributed by atoms with Crippen molar-refractivity contribution < 1.29 is 14.5 Å². The zero-order valence-electron chi connectivity index (χ0n) is 17.6. The van der Waals surface area contributed by atoms with Crippen LogP contribution in [-0.4, -0.2) is 16.7 Å². The molecule has 6 nitrogen and oxygen atoms in total. The first-order chi connectivity index (χ1) is 15.4. The van der Waals surface area contributed by atoms with Crippen molar-refractivity contribution in [2.75, 3.05) is 4.90 Å². The molecular weight excluding hydrogens is 404 g/mol. The highest BCUT2D eigenvalue weighted by Crippen LogP contribution is 2.64. The SMILES string of the molecule is Cc1ccc(N2C(=O)[C@@H]3[C@@H](C2=O)C2c4ccccc4C3(C)c3ccccc32)c([N+](=O)[O-])c1. The van der Waals surface area contributed by atoms with E-state index in [0.717, 1.165) is 27.2 Å². The molecule has 3 aromatic rings. The first-order valence-corrected chi connectivity index (χ1v) is 10.7. The van der Waals surface area contributed by atoms with Gasteiger partial charge >= 0.3 is 0 Å². The third kappa shape index (κ3) is 2.09. The van der Waals surface area contributed by atoms with Gasteiger partial charge in [-0.3, -0.25) is 19.7 Å². The number of aryl methyl sites for hydroxylation is 1. The maximum absolute atomic E-state index is 13.9. The van der Waals surface area contributed by atoms with E-state index < -0.39 is 22.2 Å². The second-order valence-electron chi connectivity index (χ2n) is 9.12. The zero-order valence-corrected chi connectivity index (χ0v) is 17.6. The van der Waals surface area contributed by atoms with Gasteiger partial charge in [-0.2, -0.15) is 0 Å². The first-order valence-electron chi connectivity index (χ1n) is 10.7. The Labute approximate surface area is 184 Å². The Kier molecular flexibility index (Phi) is 3.62. The molecule has 0 N–H and O–H groups in total. The lowest BCUT2D eigenvalue weighted by Gasteiger charge is -2.52. The summed E-state index contributed by atoms with van der Waals surface area (Å²) in [7, 11) is 0. The molecule has 1 aliphatic heterocycles. The first kappa shape index (κ1) is 18.9. The summed E-state index contributed by atoms with van der Waals surface area (Å²) < 4.78 is 0. The summed E-state index contributed by atoms with van der Waals surface area (Å²) >= 11 is 0. The number of nitro benzene ring substituents is 1. The topological polar surface area (TPSA) is 80.5 Å². The monoisotopic (exact) mass is 424 g/mol. The average molecular weight is 424 g/mol. The molecule has 0 spiro atoms. The molecule has 1 heterocycles. The molecule has 0 radical (unpaired) electrons. The number of rotatable bonds is 2. The van der Waals surface area contributed by atoms with Crippen molar-refractivity contribution >= 4 is 23.2 Å². The van der Waals surface area contributed by atoms with Crippen molar-refractivity contribution in [2.24, 2.45) is 11.8 Å².